The number of hydrogen-bond acceptors (Lipinski definition) is 4. The number of anilines is 1. The molecule has 122 valence electrons. The number of nitrogens with zero attached hydrogens (tertiary/aromatic N) is 1. The number of rotatable bonds is 5. The van der Waals surface area contributed by atoms with Crippen molar-refractivity contribution in [2.75, 3.05) is 25.4 Å². The highest BCUT2D eigenvalue weighted by Gasteiger charge is 2.20. The van der Waals surface area contributed by atoms with Gasteiger partial charge in [0.05, 0.1) is 0 Å². The monoisotopic (exact) mass is 329 g/mol. The summed E-state index contributed by atoms with van der Waals surface area (Å²) in [5.41, 5.74) is 6.99. The van der Waals surface area contributed by atoms with Gasteiger partial charge in [0.1, 0.15) is 0 Å². The molecule has 1 aliphatic rings. The molecule has 1 amide bonds. The maximum absolute atomic E-state index is 12.2. The third-order valence-electron chi connectivity index (χ3n) is 4.26. The SMILES string of the molecule is Nc1cccc(C(=O)NCC2CCCN(Cc3cccs3)C2)c1. The maximum atomic E-state index is 12.2. The van der Waals surface area contributed by atoms with Gasteiger partial charge in [-0.3, -0.25) is 9.69 Å². The van der Waals surface area contributed by atoms with Crippen LogP contribution in [-0.2, 0) is 6.54 Å². The molecule has 1 aromatic carbocycles. The minimum atomic E-state index is -0.0346. The zero-order valence-corrected chi connectivity index (χ0v) is 14.0. The van der Waals surface area contributed by atoms with Gasteiger partial charge in [0, 0.05) is 35.8 Å². The largest absolute Gasteiger partial charge is 0.399 e. The first kappa shape index (κ1) is 16.0. The van der Waals surface area contributed by atoms with Gasteiger partial charge in [0.2, 0.25) is 0 Å². The lowest BCUT2D eigenvalue weighted by Gasteiger charge is -2.32. The maximum Gasteiger partial charge on any atom is 0.251 e. The van der Waals surface area contributed by atoms with E-state index in [4.69, 9.17) is 5.73 Å². The molecule has 0 aliphatic carbocycles. The Hall–Kier alpha value is -1.85. The molecule has 23 heavy (non-hydrogen) atoms. The lowest BCUT2D eigenvalue weighted by Crippen LogP contribution is -2.40. The molecule has 0 spiro atoms. The number of piperidine rings is 1. The average Bonchev–Trinajstić information content (AvgIpc) is 3.06. The van der Waals surface area contributed by atoms with E-state index in [0.717, 1.165) is 26.2 Å². The zero-order chi connectivity index (χ0) is 16.1. The van der Waals surface area contributed by atoms with Crippen LogP contribution in [0.15, 0.2) is 41.8 Å². The minimum absolute atomic E-state index is 0.0346. The molecule has 1 aliphatic heterocycles. The lowest BCUT2D eigenvalue weighted by molar-refractivity contribution is 0.0931. The molecule has 4 nitrogen and oxygen atoms in total. The van der Waals surface area contributed by atoms with E-state index in [0.29, 0.717) is 17.2 Å². The Labute approximate surface area is 141 Å². The van der Waals surface area contributed by atoms with Crippen LogP contribution in [0.5, 0.6) is 0 Å². The fourth-order valence-electron chi connectivity index (χ4n) is 3.10. The van der Waals surface area contributed by atoms with Crippen LogP contribution in [0, 0.1) is 5.92 Å². The second kappa shape index (κ2) is 7.62. The third-order valence-corrected chi connectivity index (χ3v) is 5.12. The Morgan fingerprint density at radius 2 is 2.26 bits per heavy atom. The number of likely N-dealkylation sites (tertiary alicyclic amines) is 1. The predicted molar refractivity (Wildman–Crippen MR) is 95.5 cm³/mol. The Morgan fingerprint density at radius 3 is 3.04 bits per heavy atom. The number of carbonyl (C=O) groups excluding carboxylic acids is 1. The number of carbonyl (C=O) groups is 1. The van der Waals surface area contributed by atoms with Gasteiger partial charge in [-0.25, -0.2) is 0 Å². The van der Waals surface area contributed by atoms with Crippen LogP contribution in [0.4, 0.5) is 5.69 Å². The van der Waals surface area contributed by atoms with E-state index in [-0.39, 0.29) is 5.91 Å². The van der Waals surface area contributed by atoms with E-state index >= 15 is 0 Å². The van der Waals surface area contributed by atoms with Gasteiger partial charge in [0.15, 0.2) is 0 Å². The molecule has 1 saturated heterocycles. The van der Waals surface area contributed by atoms with Crippen LogP contribution in [0.1, 0.15) is 28.1 Å². The fraction of sp³-hybridized carbons (Fsp3) is 0.389. The van der Waals surface area contributed by atoms with Crippen molar-refractivity contribution in [3.63, 3.8) is 0 Å². The smallest absolute Gasteiger partial charge is 0.251 e. The summed E-state index contributed by atoms with van der Waals surface area (Å²) in [6, 6.07) is 11.4. The van der Waals surface area contributed by atoms with Crippen LogP contribution in [0.3, 0.4) is 0 Å². The standard InChI is InChI=1S/C18H23N3OS/c19-16-6-1-5-15(10-16)18(22)20-11-14-4-2-8-21(12-14)13-17-7-3-9-23-17/h1,3,5-7,9-10,14H,2,4,8,11-13,19H2,(H,20,22). The summed E-state index contributed by atoms with van der Waals surface area (Å²) >= 11 is 1.81. The van der Waals surface area contributed by atoms with Gasteiger partial charge in [-0.1, -0.05) is 12.1 Å². The summed E-state index contributed by atoms with van der Waals surface area (Å²) in [5.74, 6) is 0.487. The highest BCUT2D eigenvalue weighted by atomic mass is 32.1. The molecule has 1 aromatic heterocycles. The van der Waals surface area contributed by atoms with Crippen LogP contribution < -0.4 is 11.1 Å². The average molecular weight is 329 g/mol. The molecule has 2 heterocycles. The zero-order valence-electron chi connectivity index (χ0n) is 13.2. The van der Waals surface area contributed by atoms with Gasteiger partial charge in [-0.15, -0.1) is 11.3 Å². The molecular formula is C18H23N3OS. The molecule has 1 unspecified atom stereocenters. The van der Waals surface area contributed by atoms with Crippen molar-refractivity contribution in [3.05, 3.63) is 52.2 Å². The van der Waals surface area contributed by atoms with Crippen molar-refractivity contribution in [1.29, 1.82) is 0 Å². The number of nitrogens with two attached hydrogens (primary N) is 1. The van der Waals surface area contributed by atoms with Crippen LogP contribution >= 0.6 is 11.3 Å². The number of nitrogen functional groups attached to an aromatic ring is 1. The fourth-order valence-corrected chi connectivity index (χ4v) is 3.85. The van der Waals surface area contributed by atoms with Gasteiger partial charge in [0.25, 0.3) is 5.91 Å². The molecule has 0 radical (unpaired) electrons. The number of nitrogens with one attached hydrogen (secondary N) is 1. The molecular weight excluding hydrogens is 306 g/mol. The van der Waals surface area contributed by atoms with Crippen LogP contribution in [0.2, 0.25) is 0 Å². The van der Waals surface area contributed by atoms with E-state index in [1.54, 1.807) is 18.2 Å². The van der Waals surface area contributed by atoms with Crippen molar-refractivity contribution in [2.45, 2.75) is 19.4 Å². The van der Waals surface area contributed by atoms with Gasteiger partial charge in [-0.2, -0.15) is 0 Å². The number of amides is 1. The molecule has 2 aromatic rings. The van der Waals surface area contributed by atoms with Crippen molar-refractivity contribution in [2.24, 2.45) is 5.92 Å². The Bertz CT molecular complexity index is 641. The van der Waals surface area contributed by atoms with E-state index in [9.17, 15) is 4.79 Å². The van der Waals surface area contributed by atoms with Crippen molar-refractivity contribution < 1.29 is 4.79 Å². The summed E-state index contributed by atoms with van der Waals surface area (Å²) in [4.78, 5) is 16.1. The van der Waals surface area contributed by atoms with E-state index in [2.05, 4.69) is 27.7 Å². The number of benzene rings is 1. The minimum Gasteiger partial charge on any atom is -0.399 e. The molecule has 1 atom stereocenters. The normalized spacial score (nSPS) is 18.7. The third kappa shape index (κ3) is 4.56. The highest BCUT2D eigenvalue weighted by Crippen LogP contribution is 2.20. The Kier molecular flexibility index (Phi) is 5.31. The number of thiophene rings is 1. The van der Waals surface area contributed by atoms with Crippen molar-refractivity contribution in [1.82, 2.24) is 10.2 Å². The summed E-state index contributed by atoms with van der Waals surface area (Å²) < 4.78 is 0. The Morgan fingerprint density at radius 1 is 1.35 bits per heavy atom. The Balaban J connectivity index is 1.49. The second-order valence-corrected chi connectivity index (χ2v) is 7.19. The van der Waals surface area contributed by atoms with E-state index in [1.165, 1.54) is 17.7 Å². The van der Waals surface area contributed by atoms with E-state index in [1.807, 2.05) is 17.4 Å². The molecule has 1 fully saturated rings. The summed E-state index contributed by atoms with van der Waals surface area (Å²) in [6.07, 6.45) is 2.38. The van der Waals surface area contributed by atoms with E-state index < -0.39 is 0 Å². The van der Waals surface area contributed by atoms with Crippen LogP contribution in [-0.4, -0.2) is 30.4 Å². The summed E-state index contributed by atoms with van der Waals surface area (Å²) in [7, 11) is 0. The summed E-state index contributed by atoms with van der Waals surface area (Å²) in [6.45, 7) is 3.96. The molecule has 5 heteroatoms. The molecule has 3 N–H and O–H groups in total. The number of hydrogen-bond donors (Lipinski definition) is 2. The lowest BCUT2D eigenvalue weighted by atomic mass is 9.98. The van der Waals surface area contributed by atoms with Gasteiger partial charge < -0.3 is 11.1 Å². The highest BCUT2D eigenvalue weighted by molar-refractivity contribution is 7.09. The second-order valence-electron chi connectivity index (χ2n) is 6.16. The van der Waals surface area contributed by atoms with Crippen molar-refractivity contribution >= 4 is 22.9 Å². The molecule has 0 bridgehead atoms. The first-order chi connectivity index (χ1) is 11.2. The van der Waals surface area contributed by atoms with Crippen LogP contribution in [0.25, 0.3) is 0 Å². The van der Waals surface area contributed by atoms with Crippen molar-refractivity contribution in [3.8, 4) is 0 Å². The first-order valence-electron chi connectivity index (χ1n) is 8.09. The predicted octanol–water partition coefficient (Wildman–Crippen LogP) is 2.97. The topological polar surface area (TPSA) is 58.4 Å². The first-order valence-corrected chi connectivity index (χ1v) is 8.97. The quantitative estimate of drug-likeness (QED) is 0.829. The van der Waals surface area contributed by atoms with Gasteiger partial charge >= 0.3 is 0 Å². The molecule has 0 saturated carbocycles. The molecule has 3 rings (SSSR count). The van der Waals surface area contributed by atoms with Gasteiger partial charge in [-0.05, 0) is 54.9 Å². The summed E-state index contributed by atoms with van der Waals surface area (Å²) in [5, 5.41) is 5.18.